The molecule has 0 aliphatic rings. The average molecular weight is 476 g/mol. The van der Waals surface area contributed by atoms with Gasteiger partial charge in [-0.15, -0.1) is 0 Å². The Balaban J connectivity index is 2.91. The molecule has 1 aromatic carbocycles. The lowest BCUT2D eigenvalue weighted by atomic mass is 10.0. The van der Waals surface area contributed by atoms with Gasteiger partial charge in [-0.2, -0.15) is 0 Å². The minimum atomic E-state index is -0.804. The van der Waals surface area contributed by atoms with Crippen LogP contribution in [0.1, 0.15) is 82.0 Å². The number of rotatable bonds is 17. The summed E-state index contributed by atoms with van der Waals surface area (Å²) >= 11 is 0. The summed E-state index contributed by atoms with van der Waals surface area (Å²) in [7, 11) is 0. The van der Waals surface area contributed by atoms with Gasteiger partial charge in [0.2, 0.25) is 17.7 Å². The minimum Gasteiger partial charge on any atom is -0.370 e. The van der Waals surface area contributed by atoms with Crippen LogP contribution in [0.4, 0.5) is 0 Å². The SMILES string of the molecule is CCCCCC[C@H](NC(=O)c1ccccc1)C(=O)N[C@@H](CCCCN)C(=O)N[C@H](C)CC(N)=O. The van der Waals surface area contributed by atoms with E-state index in [0.29, 0.717) is 37.8 Å². The van der Waals surface area contributed by atoms with E-state index in [4.69, 9.17) is 11.5 Å². The van der Waals surface area contributed by atoms with Crippen LogP contribution in [0.25, 0.3) is 0 Å². The summed E-state index contributed by atoms with van der Waals surface area (Å²) in [5, 5.41) is 8.37. The van der Waals surface area contributed by atoms with Crippen molar-refractivity contribution in [3.8, 4) is 0 Å². The lowest BCUT2D eigenvalue weighted by Crippen LogP contribution is -2.54. The number of benzene rings is 1. The van der Waals surface area contributed by atoms with Gasteiger partial charge in [0.05, 0.1) is 0 Å². The third-order valence-corrected chi connectivity index (χ3v) is 5.48. The lowest BCUT2D eigenvalue weighted by Gasteiger charge is -2.24. The van der Waals surface area contributed by atoms with E-state index in [2.05, 4.69) is 22.9 Å². The highest BCUT2D eigenvalue weighted by atomic mass is 16.2. The first kappa shape index (κ1) is 29.1. The summed E-state index contributed by atoms with van der Waals surface area (Å²) in [5.41, 5.74) is 11.3. The topological polar surface area (TPSA) is 156 Å². The third kappa shape index (κ3) is 11.8. The summed E-state index contributed by atoms with van der Waals surface area (Å²) < 4.78 is 0. The van der Waals surface area contributed by atoms with E-state index in [1.807, 2.05) is 6.07 Å². The second-order valence-corrected chi connectivity index (χ2v) is 8.67. The van der Waals surface area contributed by atoms with Crippen LogP contribution >= 0.6 is 0 Å². The fraction of sp³-hybridized carbons (Fsp3) is 0.600. The third-order valence-electron chi connectivity index (χ3n) is 5.48. The predicted octanol–water partition coefficient (Wildman–Crippen LogP) is 1.75. The molecule has 190 valence electrons. The number of nitrogens with one attached hydrogen (secondary N) is 3. The van der Waals surface area contributed by atoms with Crippen molar-refractivity contribution >= 4 is 23.6 Å². The van der Waals surface area contributed by atoms with E-state index in [0.717, 1.165) is 25.7 Å². The van der Waals surface area contributed by atoms with E-state index >= 15 is 0 Å². The highest BCUT2D eigenvalue weighted by Gasteiger charge is 2.27. The fourth-order valence-corrected chi connectivity index (χ4v) is 3.61. The molecule has 9 heteroatoms. The molecule has 0 saturated carbocycles. The van der Waals surface area contributed by atoms with Gasteiger partial charge in [-0.1, -0.05) is 50.8 Å². The first-order valence-corrected chi connectivity index (χ1v) is 12.2. The number of unbranched alkanes of at least 4 members (excludes halogenated alkanes) is 4. The van der Waals surface area contributed by atoms with Crippen LogP contribution in [0, 0.1) is 0 Å². The molecule has 0 fully saturated rings. The van der Waals surface area contributed by atoms with Crippen molar-refractivity contribution in [1.82, 2.24) is 16.0 Å². The minimum absolute atomic E-state index is 0.00237. The maximum atomic E-state index is 13.2. The number of nitrogens with two attached hydrogens (primary N) is 2. The molecule has 0 unspecified atom stereocenters. The number of hydrogen-bond acceptors (Lipinski definition) is 5. The molecule has 7 N–H and O–H groups in total. The van der Waals surface area contributed by atoms with Gasteiger partial charge < -0.3 is 27.4 Å². The molecule has 0 saturated heterocycles. The van der Waals surface area contributed by atoms with Crippen molar-refractivity contribution in [1.29, 1.82) is 0 Å². The standard InChI is InChI=1S/C25H41N5O4/c1-3-4-5-9-14-21(29-23(32)19-12-7-6-8-13-19)25(34)30-20(15-10-11-16-26)24(33)28-18(2)17-22(27)31/h6-8,12-13,18,20-21H,3-5,9-11,14-17,26H2,1-2H3,(H2,27,31)(H,28,33)(H,29,32)(H,30,34)/t18-,20+,21+/m1/s1. The zero-order valence-electron chi connectivity index (χ0n) is 20.5. The van der Waals surface area contributed by atoms with Gasteiger partial charge >= 0.3 is 0 Å². The van der Waals surface area contributed by atoms with E-state index in [-0.39, 0.29) is 12.3 Å². The van der Waals surface area contributed by atoms with Gasteiger partial charge in [-0.3, -0.25) is 19.2 Å². The molecule has 0 aliphatic heterocycles. The molecule has 1 rings (SSSR count). The van der Waals surface area contributed by atoms with Crippen molar-refractivity contribution in [2.45, 2.75) is 89.8 Å². The van der Waals surface area contributed by atoms with Crippen molar-refractivity contribution in [3.05, 3.63) is 35.9 Å². The molecule has 0 aromatic heterocycles. The van der Waals surface area contributed by atoms with E-state index in [1.165, 1.54) is 0 Å². The molecule has 0 bridgehead atoms. The number of carbonyl (C=O) groups is 4. The van der Waals surface area contributed by atoms with Crippen LogP contribution < -0.4 is 27.4 Å². The van der Waals surface area contributed by atoms with Crippen LogP contribution in [0.2, 0.25) is 0 Å². The normalized spacial score (nSPS) is 13.4. The van der Waals surface area contributed by atoms with Gasteiger partial charge in [0.25, 0.3) is 5.91 Å². The highest BCUT2D eigenvalue weighted by molar-refractivity contribution is 5.98. The van der Waals surface area contributed by atoms with Crippen LogP contribution in [-0.2, 0) is 14.4 Å². The Morgan fingerprint density at radius 3 is 2.00 bits per heavy atom. The predicted molar refractivity (Wildman–Crippen MR) is 133 cm³/mol. The van der Waals surface area contributed by atoms with Crippen molar-refractivity contribution in [3.63, 3.8) is 0 Å². The molecule has 34 heavy (non-hydrogen) atoms. The Bertz CT molecular complexity index is 772. The Labute approximate surface area is 202 Å². The van der Waals surface area contributed by atoms with Gasteiger partial charge in [-0.05, 0) is 51.3 Å². The summed E-state index contributed by atoms with van der Waals surface area (Å²) in [6, 6.07) is 6.68. The second-order valence-electron chi connectivity index (χ2n) is 8.67. The first-order chi connectivity index (χ1) is 16.3. The number of amides is 4. The zero-order chi connectivity index (χ0) is 25.3. The Hall–Kier alpha value is -2.94. The smallest absolute Gasteiger partial charge is 0.251 e. The fourth-order valence-electron chi connectivity index (χ4n) is 3.61. The van der Waals surface area contributed by atoms with Crippen molar-refractivity contribution in [2.75, 3.05) is 6.54 Å². The molecule has 1 aromatic rings. The summed E-state index contributed by atoms with van der Waals surface area (Å²) in [4.78, 5) is 49.9. The Kier molecular flexibility index (Phi) is 14.2. The van der Waals surface area contributed by atoms with E-state index in [1.54, 1.807) is 31.2 Å². The van der Waals surface area contributed by atoms with Crippen LogP contribution in [0.5, 0.6) is 0 Å². The van der Waals surface area contributed by atoms with Gasteiger partial charge in [-0.25, -0.2) is 0 Å². The molecule has 3 atom stereocenters. The molecule has 0 spiro atoms. The molecular weight excluding hydrogens is 434 g/mol. The molecule has 4 amide bonds. The van der Waals surface area contributed by atoms with E-state index in [9.17, 15) is 19.2 Å². The molecule has 0 heterocycles. The molecule has 0 radical (unpaired) electrons. The monoisotopic (exact) mass is 475 g/mol. The Morgan fingerprint density at radius 2 is 1.41 bits per heavy atom. The highest BCUT2D eigenvalue weighted by Crippen LogP contribution is 2.09. The molecule has 0 aliphatic carbocycles. The number of hydrogen-bond donors (Lipinski definition) is 5. The van der Waals surface area contributed by atoms with Gasteiger partial charge in [0.1, 0.15) is 12.1 Å². The van der Waals surface area contributed by atoms with Crippen LogP contribution in [-0.4, -0.2) is 48.3 Å². The van der Waals surface area contributed by atoms with Gasteiger partial charge in [0.15, 0.2) is 0 Å². The zero-order valence-corrected chi connectivity index (χ0v) is 20.5. The lowest BCUT2D eigenvalue weighted by molar-refractivity contribution is -0.130. The summed E-state index contributed by atoms with van der Waals surface area (Å²) in [5.74, 6) is -1.66. The average Bonchev–Trinajstić information content (AvgIpc) is 2.80. The van der Waals surface area contributed by atoms with Crippen LogP contribution in [0.3, 0.4) is 0 Å². The quantitative estimate of drug-likeness (QED) is 0.217. The van der Waals surface area contributed by atoms with Gasteiger partial charge in [0, 0.05) is 18.0 Å². The number of carbonyl (C=O) groups excluding carboxylic acids is 4. The van der Waals surface area contributed by atoms with Crippen molar-refractivity contribution < 1.29 is 19.2 Å². The largest absolute Gasteiger partial charge is 0.370 e. The summed E-state index contributed by atoms with van der Waals surface area (Å²) in [6.07, 6.45) is 6.06. The number of primary amides is 1. The van der Waals surface area contributed by atoms with Crippen LogP contribution in [0.15, 0.2) is 30.3 Å². The van der Waals surface area contributed by atoms with Crippen molar-refractivity contribution in [2.24, 2.45) is 11.5 Å². The Morgan fingerprint density at radius 1 is 0.824 bits per heavy atom. The summed E-state index contributed by atoms with van der Waals surface area (Å²) in [6.45, 7) is 4.26. The maximum absolute atomic E-state index is 13.2. The molecular formula is C25H41N5O4. The molecule has 9 nitrogen and oxygen atoms in total. The second kappa shape index (κ2) is 16.6. The first-order valence-electron chi connectivity index (χ1n) is 12.2. The maximum Gasteiger partial charge on any atom is 0.251 e. The van der Waals surface area contributed by atoms with E-state index < -0.39 is 35.8 Å².